The van der Waals surface area contributed by atoms with E-state index in [1.54, 1.807) is 0 Å². The Kier molecular flexibility index (Phi) is 6.04. The summed E-state index contributed by atoms with van der Waals surface area (Å²) in [5, 5.41) is 11.6. The lowest BCUT2D eigenvalue weighted by molar-refractivity contribution is -0.143. The van der Waals surface area contributed by atoms with Crippen LogP contribution in [0.3, 0.4) is 0 Å². The number of carbonyl (C=O) groups excluding carboxylic acids is 2. The Morgan fingerprint density at radius 2 is 1.81 bits per heavy atom. The lowest BCUT2D eigenvalue weighted by Crippen LogP contribution is -2.50. The summed E-state index contributed by atoms with van der Waals surface area (Å²) in [6, 6.07) is -0.691. The molecule has 2 saturated carbocycles. The van der Waals surface area contributed by atoms with E-state index >= 15 is 0 Å². The van der Waals surface area contributed by atoms with E-state index in [0.29, 0.717) is 25.7 Å². The number of nitrogens with one attached hydrogen (secondary N) is 1. The number of carbonyl (C=O) groups is 3. The summed E-state index contributed by atoms with van der Waals surface area (Å²) in [4.78, 5) is 37.8. The van der Waals surface area contributed by atoms with Crippen molar-refractivity contribution in [1.82, 2.24) is 10.2 Å². The van der Waals surface area contributed by atoms with E-state index in [-0.39, 0.29) is 27.5 Å². The molecule has 5 atom stereocenters. The van der Waals surface area contributed by atoms with Crippen LogP contribution in [-0.2, 0) is 14.4 Å². The molecule has 6 nitrogen and oxygen atoms in total. The average molecular weight is 424 g/mol. The Bertz CT molecular complexity index is 654. The highest BCUT2D eigenvalue weighted by molar-refractivity contribution is 6.48. The average Bonchev–Trinajstić information content (AvgIpc) is 2.81. The number of nitrogens with zero attached hydrogens (tertiary/aromatic N) is 1. The fourth-order valence-electron chi connectivity index (χ4n) is 4.02. The Balaban J connectivity index is 1.73. The van der Waals surface area contributed by atoms with Crippen molar-refractivity contribution in [2.24, 2.45) is 5.92 Å². The Hall–Kier alpha value is -0.980. The van der Waals surface area contributed by atoms with Crippen LogP contribution in [0, 0.1) is 5.92 Å². The van der Waals surface area contributed by atoms with Gasteiger partial charge < -0.3 is 10.4 Å². The highest BCUT2D eigenvalue weighted by Gasteiger charge is 2.46. The normalized spacial score (nSPS) is 35.8. The summed E-state index contributed by atoms with van der Waals surface area (Å²) >= 11 is 18.7. The summed E-state index contributed by atoms with van der Waals surface area (Å²) in [5.74, 6) is -2.36. The maximum atomic E-state index is 12.8. The van der Waals surface area contributed by atoms with Crippen LogP contribution in [-0.4, -0.2) is 50.6 Å². The lowest BCUT2D eigenvalue weighted by Gasteiger charge is -2.35. The van der Waals surface area contributed by atoms with Crippen molar-refractivity contribution in [3.63, 3.8) is 0 Å². The van der Waals surface area contributed by atoms with Gasteiger partial charge >= 0.3 is 5.97 Å². The van der Waals surface area contributed by atoms with Gasteiger partial charge in [0.05, 0.1) is 17.3 Å². The van der Waals surface area contributed by atoms with Gasteiger partial charge in [-0.25, -0.2) is 0 Å². The van der Waals surface area contributed by atoms with Crippen molar-refractivity contribution in [3.8, 4) is 0 Å². The van der Waals surface area contributed by atoms with Crippen molar-refractivity contribution in [3.05, 3.63) is 10.7 Å². The number of hydrogen-bond donors (Lipinski definition) is 2. The van der Waals surface area contributed by atoms with Gasteiger partial charge in [0, 0.05) is 11.4 Å². The van der Waals surface area contributed by atoms with Gasteiger partial charge in [-0.2, -0.15) is 0 Å². The molecule has 5 unspecified atom stereocenters. The first-order chi connectivity index (χ1) is 12.3. The monoisotopic (exact) mass is 422 g/mol. The standard InChI is InChI=1S/C17H21Cl3N2O4/c18-9-4-5-11(19)12(7-9)22-15(23)13(20)14(16(22)24)21-10-3-1-2-8(6-10)17(25)26/h8-12,21H,1-7H2,(H,25,26). The maximum Gasteiger partial charge on any atom is 0.306 e. The molecule has 1 heterocycles. The molecule has 0 saturated heterocycles. The molecule has 26 heavy (non-hydrogen) atoms. The molecule has 2 aliphatic carbocycles. The number of rotatable bonds is 4. The van der Waals surface area contributed by atoms with Crippen molar-refractivity contribution in [1.29, 1.82) is 0 Å². The van der Waals surface area contributed by atoms with Gasteiger partial charge in [0.2, 0.25) is 0 Å². The fraction of sp³-hybridized carbons (Fsp3) is 0.706. The Morgan fingerprint density at radius 1 is 1.08 bits per heavy atom. The van der Waals surface area contributed by atoms with Crippen LogP contribution in [0.15, 0.2) is 10.7 Å². The first-order valence-corrected chi connectivity index (χ1v) is 10.1. The second-order valence-corrected chi connectivity index (χ2v) is 8.76. The summed E-state index contributed by atoms with van der Waals surface area (Å²) in [6.45, 7) is 0. The zero-order valence-corrected chi connectivity index (χ0v) is 16.4. The van der Waals surface area contributed by atoms with E-state index in [1.807, 2.05) is 0 Å². The number of hydrogen-bond acceptors (Lipinski definition) is 4. The minimum atomic E-state index is -0.840. The van der Waals surface area contributed by atoms with E-state index in [4.69, 9.17) is 34.8 Å². The number of imide groups is 1. The molecule has 0 aromatic rings. The first-order valence-electron chi connectivity index (χ1n) is 8.84. The van der Waals surface area contributed by atoms with Crippen LogP contribution in [0.4, 0.5) is 0 Å². The highest BCUT2D eigenvalue weighted by atomic mass is 35.5. The fourth-order valence-corrected chi connectivity index (χ4v) is 4.90. The topological polar surface area (TPSA) is 86.7 Å². The van der Waals surface area contributed by atoms with E-state index < -0.39 is 29.7 Å². The second-order valence-electron chi connectivity index (χ2n) is 7.21. The minimum Gasteiger partial charge on any atom is -0.481 e. The molecule has 3 aliphatic rings. The van der Waals surface area contributed by atoms with Crippen molar-refractivity contribution in [2.75, 3.05) is 0 Å². The number of carboxylic acid groups (broad SMARTS) is 1. The lowest BCUT2D eigenvalue weighted by atomic mass is 9.85. The predicted octanol–water partition coefficient (Wildman–Crippen LogP) is 2.81. The van der Waals surface area contributed by atoms with E-state index in [9.17, 15) is 19.5 Å². The summed E-state index contributed by atoms with van der Waals surface area (Å²) in [5.41, 5.74) is 0.0493. The van der Waals surface area contributed by atoms with E-state index in [0.717, 1.165) is 24.2 Å². The molecule has 2 N–H and O–H groups in total. The van der Waals surface area contributed by atoms with E-state index in [2.05, 4.69) is 5.32 Å². The van der Waals surface area contributed by atoms with Crippen LogP contribution < -0.4 is 5.32 Å². The minimum absolute atomic E-state index is 0.0493. The third-order valence-corrected chi connectivity index (χ3v) is 6.69. The van der Waals surface area contributed by atoms with Crippen molar-refractivity contribution in [2.45, 2.75) is 67.8 Å². The van der Waals surface area contributed by atoms with Gasteiger partial charge in [-0.05, 0) is 38.5 Å². The third kappa shape index (κ3) is 3.82. The molecule has 0 radical (unpaired) electrons. The number of aliphatic carboxylic acids is 1. The molecule has 144 valence electrons. The Morgan fingerprint density at radius 3 is 2.50 bits per heavy atom. The smallest absolute Gasteiger partial charge is 0.306 e. The van der Waals surface area contributed by atoms with Gasteiger partial charge in [0.1, 0.15) is 10.7 Å². The number of carboxylic acids is 1. The first kappa shape index (κ1) is 19.8. The zero-order chi connectivity index (χ0) is 19.0. The number of amides is 2. The van der Waals surface area contributed by atoms with Gasteiger partial charge in [-0.1, -0.05) is 18.0 Å². The molecule has 1 aliphatic heterocycles. The van der Waals surface area contributed by atoms with Gasteiger partial charge in [-0.15, -0.1) is 23.2 Å². The molecule has 0 spiro atoms. The molecule has 3 rings (SSSR count). The molecule has 0 aromatic carbocycles. The van der Waals surface area contributed by atoms with Crippen LogP contribution in [0.2, 0.25) is 0 Å². The van der Waals surface area contributed by atoms with Gasteiger partial charge in [0.15, 0.2) is 0 Å². The number of halogens is 3. The molecular formula is C17H21Cl3N2O4. The van der Waals surface area contributed by atoms with Crippen LogP contribution in [0.1, 0.15) is 44.9 Å². The summed E-state index contributed by atoms with van der Waals surface area (Å²) in [6.07, 6.45) is 4.29. The van der Waals surface area contributed by atoms with Gasteiger partial charge in [-0.3, -0.25) is 19.3 Å². The summed E-state index contributed by atoms with van der Waals surface area (Å²) in [7, 11) is 0. The molecule has 0 bridgehead atoms. The number of alkyl halides is 2. The Labute approximate surface area is 166 Å². The zero-order valence-electron chi connectivity index (χ0n) is 14.1. The third-order valence-electron chi connectivity index (χ3n) is 5.43. The van der Waals surface area contributed by atoms with Crippen molar-refractivity contribution < 1.29 is 19.5 Å². The van der Waals surface area contributed by atoms with Crippen LogP contribution in [0.25, 0.3) is 0 Å². The largest absolute Gasteiger partial charge is 0.481 e. The molecular weight excluding hydrogens is 403 g/mol. The molecule has 0 aromatic heterocycles. The highest BCUT2D eigenvalue weighted by Crippen LogP contribution is 2.36. The van der Waals surface area contributed by atoms with Crippen LogP contribution in [0.5, 0.6) is 0 Å². The van der Waals surface area contributed by atoms with Crippen molar-refractivity contribution >= 4 is 52.6 Å². The summed E-state index contributed by atoms with van der Waals surface area (Å²) < 4.78 is 0. The quantitative estimate of drug-likeness (QED) is 0.536. The van der Waals surface area contributed by atoms with E-state index in [1.165, 1.54) is 0 Å². The predicted molar refractivity (Wildman–Crippen MR) is 98.2 cm³/mol. The second kappa shape index (κ2) is 7.95. The van der Waals surface area contributed by atoms with Crippen LogP contribution >= 0.6 is 34.8 Å². The molecule has 2 fully saturated rings. The molecule has 9 heteroatoms. The molecule has 2 amide bonds. The maximum absolute atomic E-state index is 12.8. The SMILES string of the molecule is O=C(O)C1CCCC(NC2=C(Cl)C(=O)N(C3CC(Cl)CCC3Cl)C2=O)C1. The van der Waals surface area contributed by atoms with Gasteiger partial charge in [0.25, 0.3) is 11.8 Å².